The van der Waals surface area contributed by atoms with Crippen molar-refractivity contribution in [2.45, 2.75) is 49.7 Å². The molecule has 1 atom stereocenters. The lowest BCUT2D eigenvalue weighted by molar-refractivity contribution is -0.143. The van der Waals surface area contributed by atoms with Gasteiger partial charge in [0.1, 0.15) is 5.82 Å². The van der Waals surface area contributed by atoms with Crippen LogP contribution in [0.1, 0.15) is 52.2 Å². The van der Waals surface area contributed by atoms with Crippen molar-refractivity contribution in [3.63, 3.8) is 0 Å². The smallest absolute Gasteiger partial charge is 0.393 e. The first-order valence-corrected chi connectivity index (χ1v) is 13.2. The number of nitrogens with zero attached hydrogens (tertiary/aromatic N) is 3. The normalized spacial score (nSPS) is 18.9. The highest BCUT2D eigenvalue weighted by atomic mass is 19.4. The summed E-state index contributed by atoms with van der Waals surface area (Å²) in [7, 11) is 1.33. The van der Waals surface area contributed by atoms with Crippen LogP contribution in [0.3, 0.4) is 0 Å². The summed E-state index contributed by atoms with van der Waals surface area (Å²) in [5.41, 5.74) is -3.10. The van der Waals surface area contributed by atoms with Crippen LogP contribution in [-0.4, -0.2) is 84.2 Å². The van der Waals surface area contributed by atoms with E-state index < -0.39 is 40.8 Å². The molecule has 2 aromatic carbocycles. The maximum absolute atomic E-state index is 13.6. The zero-order valence-corrected chi connectivity index (χ0v) is 22.0. The van der Waals surface area contributed by atoms with E-state index in [9.17, 15) is 40.6 Å². The number of benzene rings is 2. The molecule has 2 aromatic rings. The number of likely N-dealkylation sites (N-methyl/N-ethyl adjacent to an activating group) is 1. The van der Waals surface area contributed by atoms with Gasteiger partial charge in [0.05, 0.1) is 17.2 Å². The standard InChI is InChI=1S/C28H32F7N3O2/c1-36(26(40)20-12-21(27(30,31)32)14-22(13-20)28(33,34)35)15-19(18-2-4-23(29)5-3-18)6-9-37-16-24(17-37)38-10-7-25(39)8-11-38/h2-5,12-14,19,24-25,39H,6-11,15-17H2,1H3. The third-order valence-electron chi connectivity index (χ3n) is 7.76. The first kappa shape index (κ1) is 30.3. The number of amides is 1. The summed E-state index contributed by atoms with van der Waals surface area (Å²) in [4.78, 5) is 18.8. The van der Waals surface area contributed by atoms with Gasteiger partial charge in [-0.2, -0.15) is 26.3 Å². The second-order valence-electron chi connectivity index (χ2n) is 10.7. The van der Waals surface area contributed by atoms with E-state index in [2.05, 4.69) is 9.80 Å². The monoisotopic (exact) mass is 575 g/mol. The molecule has 0 bridgehead atoms. The van der Waals surface area contributed by atoms with Crippen LogP contribution in [0, 0.1) is 5.82 Å². The maximum atomic E-state index is 13.6. The Balaban J connectivity index is 1.45. The van der Waals surface area contributed by atoms with Crippen LogP contribution >= 0.6 is 0 Å². The second-order valence-corrected chi connectivity index (χ2v) is 10.7. The van der Waals surface area contributed by atoms with Crippen LogP contribution in [0.4, 0.5) is 30.7 Å². The summed E-state index contributed by atoms with van der Waals surface area (Å²) < 4.78 is 93.4. The Labute approximate surface area is 228 Å². The van der Waals surface area contributed by atoms with Gasteiger partial charge in [-0.15, -0.1) is 0 Å². The SMILES string of the molecule is CN(CC(CCN1CC(N2CCC(O)CC2)C1)c1ccc(F)cc1)C(=O)c1cc(C(F)(F)F)cc(C(F)(F)F)c1. The van der Waals surface area contributed by atoms with E-state index in [4.69, 9.17) is 0 Å². The molecule has 2 saturated heterocycles. The molecule has 5 nitrogen and oxygen atoms in total. The lowest BCUT2D eigenvalue weighted by atomic mass is 9.93. The number of hydrogen-bond donors (Lipinski definition) is 1. The van der Waals surface area contributed by atoms with Crippen molar-refractivity contribution in [3.8, 4) is 0 Å². The Morgan fingerprint density at radius 1 is 0.975 bits per heavy atom. The number of rotatable bonds is 8. The van der Waals surface area contributed by atoms with E-state index in [0.29, 0.717) is 36.7 Å². The van der Waals surface area contributed by atoms with Crippen LogP contribution in [0.15, 0.2) is 42.5 Å². The highest BCUT2D eigenvalue weighted by molar-refractivity contribution is 5.94. The summed E-state index contributed by atoms with van der Waals surface area (Å²) in [6, 6.07) is 6.94. The van der Waals surface area contributed by atoms with Crippen molar-refractivity contribution >= 4 is 5.91 Å². The van der Waals surface area contributed by atoms with Crippen molar-refractivity contribution < 1.29 is 40.6 Å². The van der Waals surface area contributed by atoms with Gasteiger partial charge in [-0.05, 0) is 61.7 Å². The van der Waals surface area contributed by atoms with Crippen LogP contribution < -0.4 is 0 Å². The van der Waals surface area contributed by atoms with Gasteiger partial charge in [-0.1, -0.05) is 12.1 Å². The molecule has 1 amide bonds. The maximum Gasteiger partial charge on any atom is 0.416 e. The minimum absolute atomic E-state index is 0.00947. The van der Waals surface area contributed by atoms with E-state index in [-0.39, 0.29) is 24.6 Å². The molecule has 0 saturated carbocycles. The van der Waals surface area contributed by atoms with Crippen molar-refractivity contribution in [2.24, 2.45) is 0 Å². The molecule has 0 radical (unpaired) electrons. The zero-order chi connectivity index (χ0) is 29.2. The van der Waals surface area contributed by atoms with Crippen molar-refractivity contribution in [3.05, 3.63) is 70.5 Å². The number of alkyl halides is 6. The number of aliphatic hydroxyl groups is 1. The lowest BCUT2D eigenvalue weighted by Crippen LogP contribution is -2.61. The summed E-state index contributed by atoms with van der Waals surface area (Å²) in [5, 5.41) is 9.72. The highest BCUT2D eigenvalue weighted by Gasteiger charge is 2.38. The predicted molar refractivity (Wildman–Crippen MR) is 134 cm³/mol. The van der Waals surface area contributed by atoms with Gasteiger partial charge in [0.2, 0.25) is 0 Å². The molecule has 40 heavy (non-hydrogen) atoms. The second kappa shape index (κ2) is 12.0. The summed E-state index contributed by atoms with van der Waals surface area (Å²) >= 11 is 0. The van der Waals surface area contributed by atoms with E-state index in [0.717, 1.165) is 43.9 Å². The molecule has 2 heterocycles. The third kappa shape index (κ3) is 7.52. The molecule has 4 rings (SSSR count). The summed E-state index contributed by atoms with van der Waals surface area (Å²) in [6.45, 7) is 4.03. The quantitative estimate of drug-likeness (QED) is 0.437. The van der Waals surface area contributed by atoms with E-state index in [1.165, 1.54) is 19.2 Å². The van der Waals surface area contributed by atoms with Crippen LogP contribution in [-0.2, 0) is 12.4 Å². The number of aliphatic hydroxyl groups excluding tert-OH is 1. The molecule has 220 valence electrons. The van der Waals surface area contributed by atoms with Gasteiger partial charge in [-0.25, -0.2) is 4.39 Å². The van der Waals surface area contributed by atoms with Gasteiger partial charge < -0.3 is 14.9 Å². The molecule has 0 aromatic heterocycles. The average Bonchev–Trinajstić information content (AvgIpc) is 2.86. The molecule has 12 heteroatoms. The molecule has 2 aliphatic heterocycles. The predicted octanol–water partition coefficient (Wildman–Crippen LogP) is 5.25. The first-order chi connectivity index (χ1) is 18.7. The first-order valence-electron chi connectivity index (χ1n) is 13.2. The summed E-state index contributed by atoms with van der Waals surface area (Å²) in [5.74, 6) is -1.75. The lowest BCUT2D eigenvalue weighted by Gasteiger charge is -2.47. The number of carbonyl (C=O) groups is 1. The van der Waals surface area contributed by atoms with Gasteiger partial charge in [0, 0.05) is 57.3 Å². The van der Waals surface area contributed by atoms with Gasteiger partial charge >= 0.3 is 12.4 Å². The number of halogens is 7. The Kier molecular flexibility index (Phi) is 9.11. The van der Waals surface area contributed by atoms with Crippen LogP contribution in [0.25, 0.3) is 0 Å². The van der Waals surface area contributed by atoms with E-state index >= 15 is 0 Å². The number of piperidine rings is 1. The average molecular weight is 576 g/mol. The zero-order valence-electron chi connectivity index (χ0n) is 22.0. The van der Waals surface area contributed by atoms with Crippen molar-refractivity contribution in [2.75, 3.05) is 46.3 Å². The number of likely N-dealkylation sites (tertiary alicyclic amines) is 2. The van der Waals surface area contributed by atoms with Crippen LogP contribution in [0.5, 0.6) is 0 Å². The largest absolute Gasteiger partial charge is 0.416 e. The fraction of sp³-hybridized carbons (Fsp3) is 0.536. The Morgan fingerprint density at radius 3 is 2.05 bits per heavy atom. The Bertz CT molecular complexity index is 1120. The van der Waals surface area contributed by atoms with Crippen molar-refractivity contribution in [1.82, 2.24) is 14.7 Å². The third-order valence-corrected chi connectivity index (χ3v) is 7.76. The number of carbonyl (C=O) groups excluding carboxylic acids is 1. The van der Waals surface area contributed by atoms with E-state index in [1.54, 1.807) is 12.1 Å². The molecule has 0 aliphatic carbocycles. The van der Waals surface area contributed by atoms with Gasteiger partial charge in [0.15, 0.2) is 0 Å². The molecule has 1 N–H and O–H groups in total. The van der Waals surface area contributed by atoms with E-state index in [1.807, 2.05) is 0 Å². The van der Waals surface area contributed by atoms with Gasteiger partial charge in [0.25, 0.3) is 5.91 Å². The minimum atomic E-state index is -5.06. The highest BCUT2D eigenvalue weighted by Crippen LogP contribution is 2.37. The van der Waals surface area contributed by atoms with Gasteiger partial charge in [-0.3, -0.25) is 9.69 Å². The molecular formula is C28H32F7N3O2. The topological polar surface area (TPSA) is 47.0 Å². The fourth-order valence-electron chi connectivity index (χ4n) is 5.36. The molecular weight excluding hydrogens is 543 g/mol. The van der Waals surface area contributed by atoms with Crippen LogP contribution in [0.2, 0.25) is 0 Å². The number of hydrogen-bond acceptors (Lipinski definition) is 4. The Morgan fingerprint density at radius 2 is 1.52 bits per heavy atom. The molecule has 0 spiro atoms. The molecule has 2 fully saturated rings. The Hall–Kier alpha value is -2.70. The molecule has 2 aliphatic rings. The molecule has 1 unspecified atom stereocenters. The fourth-order valence-corrected chi connectivity index (χ4v) is 5.36. The summed E-state index contributed by atoms with van der Waals surface area (Å²) in [6.07, 6.45) is -8.33. The minimum Gasteiger partial charge on any atom is -0.393 e. The van der Waals surface area contributed by atoms with Crippen molar-refractivity contribution in [1.29, 1.82) is 0 Å².